The van der Waals surface area contributed by atoms with Crippen LogP contribution in [0.4, 0.5) is 0 Å². The number of benzene rings is 2. The van der Waals surface area contributed by atoms with E-state index in [4.69, 9.17) is 9.47 Å². The standard InChI is InChI=1S/C19H19N3O3/c1-22-19(15-6-4-5-7-16(15)23)20-18(21-22)11-9-13-8-10-14(24-2)12-17(13)25-3/h4-12,23H,1-3H3/b11-9+. The van der Waals surface area contributed by atoms with Crippen LogP contribution < -0.4 is 9.47 Å². The Morgan fingerprint density at radius 3 is 2.56 bits per heavy atom. The lowest BCUT2D eigenvalue weighted by molar-refractivity contribution is 0.394. The van der Waals surface area contributed by atoms with Gasteiger partial charge in [0.15, 0.2) is 11.6 Å². The van der Waals surface area contributed by atoms with Crippen molar-refractivity contribution in [2.75, 3.05) is 14.2 Å². The maximum absolute atomic E-state index is 10.00. The molecule has 1 aromatic heterocycles. The zero-order valence-corrected chi connectivity index (χ0v) is 14.3. The molecule has 0 aliphatic heterocycles. The van der Waals surface area contributed by atoms with Crippen molar-refractivity contribution in [1.82, 2.24) is 14.8 Å². The van der Waals surface area contributed by atoms with Crippen LogP contribution in [-0.2, 0) is 7.05 Å². The number of nitrogens with zero attached hydrogens (tertiary/aromatic N) is 3. The summed E-state index contributed by atoms with van der Waals surface area (Å²) >= 11 is 0. The largest absolute Gasteiger partial charge is 0.507 e. The van der Waals surface area contributed by atoms with Gasteiger partial charge in [-0.25, -0.2) is 9.67 Å². The van der Waals surface area contributed by atoms with Crippen LogP contribution in [0.5, 0.6) is 17.2 Å². The first kappa shape index (κ1) is 16.6. The molecule has 6 heteroatoms. The predicted molar refractivity (Wildman–Crippen MR) is 96.6 cm³/mol. The molecule has 1 heterocycles. The van der Waals surface area contributed by atoms with E-state index in [2.05, 4.69) is 10.1 Å². The van der Waals surface area contributed by atoms with Crippen LogP contribution in [0.2, 0.25) is 0 Å². The Labute approximate surface area is 146 Å². The first-order chi connectivity index (χ1) is 12.1. The molecule has 0 saturated heterocycles. The van der Waals surface area contributed by atoms with Crippen molar-refractivity contribution < 1.29 is 14.6 Å². The molecule has 3 rings (SSSR count). The molecule has 0 unspecified atom stereocenters. The lowest BCUT2D eigenvalue weighted by Crippen LogP contribution is -1.94. The van der Waals surface area contributed by atoms with Crippen LogP contribution in [-0.4, -0.2) is 34.1 Å². The summed E-state index contributed by atoms with van der Waals surface area (Å²) < 4.78 is 12.2. The second-order valence-corrected chi connectivity index (χ2v) is 5.38. The van der Waals surface area contributed by atoms with Crippen molar-refractivity contribution in [1.29, 1.82) is 0 Å². The molecule has 0 radical (unpaired) electrons. The van der Waals surface area contributed by atoms with Crippen LogP contribution in [0.15, 0.2) is 42.5 Å². The first-order valence-electron chi connectivity index (χ1n) is 7.72. The molecule has 0 aliphatic rings. The van der Waals surface area contributed by atoms with Crippen LogP contribution in [0.3, 0.4) is 0 Å². The Morgan fingerprint density at radius 2 is 1.84 bits per heavy atom. The molecule has 0 aliphatic carbocycles. The van der Waals surface area contributed by atoms with Crippen LogP contribution in [0, 0.1) is 0 Å². The zero-order chi connectivity index (χ0) is 17.8. The zero-order valence-electron chi connectivity index (χ0n) is 14.3. The summed E-state index contributed by atoms with van der Waals surface area (Å²) in [5, 5.41) is 14.4. The molecule has 1 N–H and O–H groups in total. The van der Waals surface area contributed by atoms with Crippen molar-refractivity contribution in [2.24, 2.45) is 7.05 Å². The SMILES string of the molecule is COc1ccc(/C=C/c2nc(-c3ccccc3O)n(C)n2)c(OC)c1. The van der Waals surface area contributed by atoms with E-state index in [1.807, 2.05) is 30.3 Å². The van der Waals surface area contributed by atoms with E-state index in [0.717, 1.165) is 11.3 Å². The highest BCUT2D eigenvalue weighted by atomic mass is 16.5. The van der Waals surface area contributed by atoms with E-state index in [1.165, 1.54) is 0 Å². The third-order valence-electron chi connectivity index (χ3n) is 3.78. The van der Waals surface area contributed by atoms with E-state index < -0.39 is 0 Å². The smallest absolute Gasteiger partial charge is 0.174 e. The number of ether oxygens (including phenoxy) is 2. The van der Waals surface area contributed by atoms with E-state index in [-0.39, 0.29) is 5.75 Å². The first-order valence-corrected chi connectivity index (χ1v) is 7.72. The molecule has 0 fully saturated rings. The van der Waals surface area contributed by atoms with E-state index in [0.29, 0.717) is 23.0 Å². The molecule has 0 saturated carbocycles. The van der Waals surface area contributed by atoms with Gasteiger partial charge in [0, 0.05) is 18.7 Å². The summed E-state index contributed by atoms with van der Waals surface area (Å²) in [5.74, 6) is 2.74. The molecule has 25 heavy (non-hydrogen) atoms. The second-order valence-electron chi connectivity index (χ2n) is 5.38. The summed E-state index contributed by atoms with van der Waals surface area (Å²) in [6, 6.07) is 12.6. The average Bonchev–Trinajstić information content (AvgIpc) is 3.00. The molecular formula is C19H19N3O3. The molecule has 0 bridgehead atoms. The van der Waals surface area contributed by atoms with Crippen molar-refractivity contribution in [2.45, 2.75) is 0 Å². The molecular weight excluding hydrogens is 318 g/mol. The number of rotatable bonds is 5. The van der Waals surface area contributed by atoms with Gasteiger partial charge >= 0.3 is 0 Å². The summed E-state index contributed by atoms with van der Waals surface area (Å²) in [6.07, 6.45) is 3.68. The van der Waals surface area contributed by atoms with Gasteiger partial charge in [0.05, 0.1) is 19.8 Å². The fraction of sp³-hybridized carbons (Fsp3) is 0.158. The number of phenols is 1. The maximum Gasteiger partial charge on any atom is 0.174 e. The lowest BCUT2D eigenvalue weighted by atomic mass is 10.1. The molecule has 3 aromatic rings. The lowest BCUT2D eigenvalue weighted by Gasteiger charge is -2.06. The highest BCUT2D eigenvalue weighted by molar-refractivity contribution is 5.72. The Bertz CT molecular complexity index is 916. The monoisotopic (exact) mass is 337 g/mol. The minimum absolute atomic E-state index is 0.172. The van der Waals surface area contributed by atoms with Crippen molar-refractivity contribution in [3.8, 4) is 28.6 Å². The Balaban J connectivity index is 1.91. The molecule has 2 aromatic carbocycles. The number of para-hydroxylation sites is 1. The van der Waals surface area contributed by atoms with Crippen LogP contribution in [0.25, 0.3) is 23.5 Å². The molecule has 6 nitrogen and oxygen atoms in total. The maximum atomic E-state index is 10.00. The minimum atomic E-state index is 0.172. The Hall–Kier alpha value is -3.28. The van der Waals surface area contributed by atoms with Gasteiger partial charge in [-0.15, -0.1) is 0 Å². The van der Waals surface area contributed by atoms with Gasteiger partial charge in [0.1, 0.15) is 17.2 Å². The fourth-order valence-corrected chi connectivity index (χ4v) is 2.49. The van der Waals surface area contributed by atoms with Gasteiger partial charge in [-0.05, 0) is 36.4 Å². The molecule has 0 atom stereocenters. The van der Waals surface area contributed by atoms with Crippen LogP contribution in [0.1, 0.15) is 11.4 Å². The summed E-state index contributed by atoms with van der Waals surface area (Å²) in [6.45, 7) is 0. The predicted octanol–water partition coefficient (Wildman–Crippen LogP) is 3.38. The second kappa shape index (κ2) is 7.09. The van der Waals surface area contributed by atoms with Crippen LogP contribution >= 0.6 is 0 Å². The van der Waals surface area contributed by atoms with Gasteiger partial charge in [-0.2, -0.15) is 5.10 Å². The van der Waals surface area contributed by atoms with Gasteiger partial charge in [-0.1, -0.05) is 12.1 Å². The van der Waals surface area contributed by atoms with Crippen molar-refractivity contribution in [3.05, 3.63) is 53.9 Å². The van der Waals surface area contributed by atoms with Crippen molar-refractivity contribution in [3.63, 3.8) is 0 Å². The average molecular weight is 337 g/mol. The normalized spacial score (nSPS) is 11.0. The van der Waals surface area contributed by atoms with E-state index in [1.54, 1.807) is 50.2 Å². The number of aromatic nitrogens is 3. The van der Waals surface area contributed by atoms with Gasteiger partial charge in [0.25, 0.3) is 0 Å². The van der Waals surface area contributed by atoms with Crippen molar-refractivity contribution >= 4 is 12.2 Å². The highest BCUT2D eigenvalue weighted by Gasteiger charge is 2.11. The third kappa shape index (κ3) is 3.47. The van der Waals surface area contributed by atoms with E-state index >= 15 is 0 Å². The van der Waals surface area contributed by atoms with E-state index in [9.17, 15) is 5.11 Å². The summed E-state index contributed by atoms with van der Waals surface area (Å²) in [7, 11) is 5.02. The number of methoxy groups -OCH3 is 2. The van der Waals surface area contributed by atoms with Gasteiger partial charge in [-0.3, -0.25) is 0 Å². The number of hydrogen-bond donors (Lipinski definition) is 1. The molecule has 0 spiro atoms. The van der Waals surface area contributed by atoms with Gasteiger partial charge < -0.3 is 14.6 Å². The number of hydrogen-bond acceptors (Lipinski definition) is 5. The number of aromatic hydroxyl groups is 1. The Kier molecular flexibility index (Phi) is 4.70. The Morgan fingerprint density at radius 1 is 1.04 bits per heavy atom. The molecule has 0 amide bonds. The molecule has 128 valence electrons. The summed E-state index contributed by atoms with van der Waals surface area (Å²) in [5.41, 5.74) is 1.53. The third-order valence-corrected chi connectivity index (χ3v) is 3.78. The summed E-state index contributed by atoms with van der Waals surface area (Å²) in [4.78, 5) is 4.48. The topological polar surface area (TPSA) is 69.4 Å². The number of phenolic OH excluding ortho intramolecular Hbond substituents is 1. The number of aryl methyl sites for hydroxylation is 1. The minimum Gasteiger partial charge on any atom is -0.507 e. The quantitative estimate of drug-likeness (QED) is 0.773. The van der Waals surface area contributed by atoms with Gasteiger partial charge in [0.2, 0.25) is 0 Å². The fourth-order valence-electron chi connectivity index (χ4n) is 2.49. The highest BCUT2D eigenvalue weighted by Crippen LogP contribution is 2.28.